The van der Waals surface area contributed by atoms with Gasteiger partial charge in [0, 0.05) is 31.4 Å². The third-order valence-corrected chi connectivity index (χ3v) is 6.01. The number of rotatable bonds is 7. The van der Waals surface area contributed by atoms with Gasteiger partial charge in [0.15, 0.2) is 5.96 Å². The van der Waals surface area contributed by atoms with Gasteiger partial charge < -0.3 is 10.6 Å². The van der Waals surface area contributed by atoms with Gasteiger partial charge in [0.05, 0.1) is 17.2 Å². The summed E-state index contributed by atoms with van der Waals surface area (Å²) < 4.78 is 0. The Morgan fingerprint density at radius 1 is 1.11 bits per heavy atom. The fourth-order valence-electron chi connectivity index (χ4n) is 3.21. The number of aliphatic imine (C=N–C) groups is 1. The van der Waals surface area contributed by atoms with Crippen LogP contribution in [0.5, 0.6) is 0 Å². The summed E-state index contributed by atoms with van der Waals surface area (Å²) in [7, 11) is 1.80. The lowest BCUT2D eigenvalue weighted by atomic mass is 10.1. The summed E-state index contributed by atoms with van der Waals surface area (Å²) in [6.45, 7) is 9.35. The molecule has 0 unspecified atom stereocenters. The predicted molar refractivity (Wildman–Crippen MR) is 114 cm³/mol. The average molecular weight is 386 g/mol. The smallest absolute Gasteiger partial charge is 0.191 e. The number of hydrogen-bond acceptors (Lipinski definition) is 4. The van der Waals surface area contributed by atoms with Crippen LogP contribution < -0.4 is 10.6 Å². The van der Waals surface area contributed by atoms with E-state index in [1.165, 1.54) is 42.1 Å². The van der Waals surface area contributed by atoms with Crippen LogP contribution in [0.25, 0.3) is 0 Å². The Morgan fingerprint density at radius 2 is 1.78 bits per heavy atom. The highest BCUT2D eigenvalue weighted by molar-refractivity contribution is 7.09. The van der Waals surface area contributed by atoms with Crippen LogP contribution in [0.4, 0.5) is 0 Å². The second kappa shape index (κ2) is 9.85. The van der Waals surface area contributed by atoms with Gasteiger partial charge in [-0.15, -0.1) is 11.3 Å². The van der Waals surface area contributed by atoms with Crippen LogP contribution in [0.1, 0.15) is 54.4 Å². The van der Waals surface area contributed by atoms with Gasteiger partial charge in [0.1, 0.15) is 0 Å². The number of nitrogens with zero attached hydrogens (tertiary/aromatic N) is 3. The molecule has 1 aliphatic rings. The quantitative estimate of drug-likeness (QED) is 0.563. The van der Waals surface area contributed by atoms with Gasteiger partial charge in [-0.2, -0.15) is 0 Å². The van der Waals surface area contributed by atoms with E-state index in [-0.39, 0.29) is 0 Å². The van der Waals surface area contributed by atoms with Crippen molar-refractivity contribution < 1.29 is 0 Å². The van der Waals surface area contributed by atoms with Crippen LogP contribution in [-0.4, -0.2) is 36.0 Å². The largest absolute Gasteiger partial charge is 0.352 e. The maximum absolute atomic E-state index is 4.66. The van der Waals surface area contributed by atoms with Gasteiger partial charge in [0.2, 0.25) is 0 Å². The number of hydrogen-bond donors (Lipinski definition) is 2. The van der Waals surface area contributed by atoms with Gasteiger partial charge in [-0.05, 0) is 37.1 Å². The molecule has 0 atom stereocenters. The molecule has 2 heterocycles. The molecule has 0 radical (unpaired) electrons. The van der Waals surface area contributed by atoms with Gasteiger partial charge in [-0.25, -0.2) is 4.98 Å². The lowest BCUT2D eigenvalue weighted by molar-refractivity contribution is 0.331. The summed E-state index contributed by atoms with van der Waals surface area (Å²) in [5.74, 6) is 1.28. The summed E-state index contributed by atoms with van der Waals surface area (Å²) in [6.07, 6.45) is 2.68. The third-order valence-electron chi connectivity index (χ3n) is 4.81. The number of aromatic nitrogens is 1. The molecule has 0 amide bonds. The number of benzene rings is 1. The Balaban J connectivity index is 1.44. The van der Waals surface area contributed by atoms with Crippen LogP contribution in [0.15, 0.2) is 34.6 Å². The maximum Gasteiger partial charge on any atom is 0.191 e. The molecule has 2 aromatic rings. The first-order chi connectivity index (χ1) is 13.1. The normalized spacial score (nSPS) is 15.5. The van der Waals surface area contributed by atoms with Gasteiger partial charge >= 0.3 is 0 Å². The Morgan fingerprint density at radius 3 is 2.41 bits per heavy atom. The third kappa shape index (κ3) is 6.04. The first-order valence-corrected chi connectivity index (χ1v) is 10.7. The fourth-order valence-corrected chi connectivity index (χ4v) is 4.05. The zero-order valence-corrected chi connectivity index (χ0v) is 17.5. The average Bonchev–Trinajstić information content (AvgIpc) is 3.35. The van der Waals surface area contributed by atoms with Crippen molar-refractivity contribution in [2.75, 3.05) is 20.1 Å². The molecule has 0 spiro atoms. The van der Waals surface area contributed by atoms with Crippen molar-refractivity contribution in [3.8, 4) is 0 Å². The summed E-state index contributed by atoms with van der Waals surface area (Å²) in [5.41, 5.74) is 3.73. The number of guanidine groups is 1. The minimum Gasteiger partial charge on any atom is -0.352 e. The monoisotopic (exact) mass is 385 g/mol. The molecule has 0 saturated carbocycles. The molecule has 1 aromatic carbocycles. The second-order valence-corrected chi connectivity index (χ2v) is 8.30. The zero-order valence-electron chi connectivity index (χ0n) is 16.7. The van der Waals surface area contributed by atoms with Gasteiger partial charge in [-0.1, -0.05) is 38.1 Å². The van der Waals surface area contributed by atoms with Crippen molar-refractivity contribution in [1.29, 1.82) is 0 Å². The van der Waals surface area contributed by atoms with E-state index in [1.54, 1.807) is 18.4 Å². The van der Waals surface area contributed by atoms with E-state index in [4.69, 9.17) is 0 Å². The van der Waals surface area contributed by atoms with Crippen LogP contribution >= 0.6 is 11.3 Å². The number of thiazole rings is 1. The molecule has 27 heavy (non-hydrogen) atoms. The van der Waals surface area contributed by atoms with Gasteiger partial charge in [0.25, 0.3) is 0 Å². The lowest BCUT2D eigenvalue weighted by Crippen LogP contribution is -2.36. The lowest BCUT2D eigenvalue weighted by Gasteiger charge is -2.15. The molecular formula is C21H31N5S. The number of nitrogens with one attached hydrogen (secondary N) is 2. The van der Waals surface area contributed by atoms with E-state index in [9.17, 15) is 0 Å². The van der Waals surface area contributed by atoms with Crippen LogP contribution in [0.3, 0.4) is 0 Å². The molecule has 6 heteroatoms. The van der Waals surface area contributed by atoms with Crippen LogP contribution in [0, 0.1) is 0 Å². The molecule has 1 aromatic heterocycles. The molecule has 0 aliphatic carbocycles. The molecule has 1 fully saturated rings. The summed E-state index contributed by atoms with van der Waals surface area (Å²) in [6, 6.07) is 8.91. The highest BCUT2D eigenvalue weighted by Crippen LogP contribution is 2.19. The van der Waals surface area contributed by atoms with E-state index in [2.05, 4.69) is 69.0 Å². The fraction of sp³-hybridized carbons (Fsp3) is 0.524. The minimum atomic E-state index is 0.481. The first-order valence-electron chi connectivity index (χ1n) is 9.83. The molecule has 2 N–H and O–H groups in total. The molecule has 146 valence electrons. The topological polar surface area (TPSA) is 52.6 Å². The predicted octanol–water partition coefficient (Wildman–Crippen LogP) is 3.73. The molecule has 5 nitrogen and oxygen atoms in total. The van der Waals surface area contributed by atoms with E-state index < -0.39 is 0 Å². The van der Waals surface area contributed by atoms with Crippen LogP contribution in [-0.2, 0) is 19.6 Å². The number of likely N-dealkylation sites (tertiary alicyclic amines) is 1. The maximum atomic E-state index is 4.66. The van der Waals surface area contributed by atoms with Crippen molar-refractivity contribution in [3.63, 3.8) is 0 Å². The minimum absolute atomic E-state index is 0.481. The van der Waals surface area contributed by atoms with Crippen molar-refractivity contribution in [2.45, 2.75) is 52.2 Å². The van der Waals surface area contributed by atoms with Crippen molar-refractivity contribution in [2.24, 2.45) is 4.99 Å². The van der Waals surface area contributed by atoms with E-state index >= 15 is 0 Å². The Hall–Kier alpha value is -1.92. The first kappa shape index (κ1) is 19.8. The Bertz CT molecular complexity index is 729. The SMILES string of the molecule is CN=C(NCc1ccc(CN2CCCC2)cc1)NCc1csc(C(C)C)n1. The highest BCUT2D eigenvalue weighted by atomic mass is 32.1. The molecular weight excluding hydrogens is 354 g/mol. The molecule has 0 bridgehead atoms. The zero-order chi connectivity index (χ0) is 19.1. The van der Waals surface area contributed by atoms with E-state index in [0.29, 0.717) is 12.5 Å². The Kier molecular flexibility index (Phi) is 7.24. The van der Waals surface area contributed by atoms with Crippen LogP contribution in [0.2, 0.25) is 0 Å². The summed E-state index contributed by atoms with van der Waals surface area (Å²) in [4.78, 5) is 11.5. The van der Waals surface area contributed by atoms with E-state index in [0.717, 1.165) is 24.7 Å². The van der Waals surface area contributed by atoms with Crippen molar-refractivity contribution in [3.05, 3.63) is 51.5 Å². The molecule has 1 aliphatic heterocycles. The van der Waals surface area contributed by atoms with Crippen molar-refractivity contribution in [1.82, 2.24) is 20.5 Å². The molecule has 3 rings (SSSR count). The van der Waals surface area contributed by atoms with E-state index in [1.807, 2.05) is 0 Å². The Labute approximate surface area is 166 Å². The second-order valence-electron chi connectivity index (χ2n) is 7.41. The standard InChI is InChI=1S/C21H31N5S/c1-16(2)20-25-19(15-27-20)13-24-21(22-3)23-12-17-6-8-18(9-7-17)14-26-10-4-5-11-26/h6-9,15-16H,4-5,10-14H2,1-3H3,(H2,22,23,24). The summed E-state index contributed by atoms with van der Waals surface area (Å²) in [5, 5.41) is 10.0. The summed E-state index contributed by atoms with van der Waals surface area (Å²) >= 11 is 1.72. The highest BCUT2D eigenvalue weighted by Gasteiger charge is 2.11. The van der Waals surface area contributed by atoms with Crippen molar-refractivity contribution >= 4 is 17.3 Å². The molecule has 1 saturated heterocycles. The van der Waals surface area contributed by atoms with Gasteiger partial charge in [-0.3, -0.25) is 9.89 Å².